The number of aromatic nitrogens is 2. The van der Waals surface area contributed by atoms with Crippen LogP contribution in [0.2, 0.25) is 0 Å². The van der Waals surface area contributed by atoms with Crippen molar-refractivity contribution >= 4 is 11.8 Å². The van der Waals surface area contributed by atoms with Crippen molar-refractivity contribution in [2.75, 3.05) is 37.6 Å². The van der Waals surface area contributed by atoms with Crippen LogP contribution in [0.25, 0.3) is 5.69 Å². The van der Waals surface area contributed by atoms with Gasteiger partial charge in [0.1, 0.15) is 11.6 Å². The normalized spacial score (nSPS) is 14.3. The summed E-state index contributed by atoms with van der Waals surface area (Å²) in [5.74, 6) is 0.642. The topological polar surface area (TPSA) is 56.6 Å². The minimum absolute atomic E-state index is 0.0116. The number of carbonyl (C=O) groups excluding carboxylic acids is 1. The smallest absolute Gasteiger partial charge is 0.318 e. The third-order valence-corrected chi connectivity index (χ3v) is 6.83. The third-order valence-electron chi connectivity index (χ3n) is 6.83. The number of halogens is 1. The van der Waals surface area contributed by atoms with Gasteiger partial charge in [-0.05, 0) is 51.1 Å². The molecule has 4 rings (SSSR count). The quantitative estimate of drug-likeness (QED) is 0.500. The van der Waals surface area contributed by atoms with Gasteiger partial charge in [0.15, 0.2) is 0 Å². The lowest BCUT2D eigenvalue weighted by molar-refractivity contribution is 0.179. The molecule has 0 aliphatic carbocycles. The Morgan fingerprint density at radius 1 is 1.08 bits per heavy atom. The highest BCUT2D eigenvalue weighted by Crippen LogP contribution is 2.30. The molecular weight excluding hydrogens is 455 g/mol. The van der Waals surface area contributed by atoms with Crippen molar-refractivity contribution in [3.05, 3.63) is 77.2 Å². The molecule has 2 aromatic carbocycles. The summed E-state index contributed by atoms with van der Waals surface area (Å²) in [7, 11) is 0. The van der Waals surface area contributed by atoms with Crippen LogP contribution in [0.1, 0.15) is 37.6 Å². The van der Waals surface area contributed by atoms with E-state index in [4.69, 9.17) is 5.10 Å². The van der Waals surface area contributed by atoms with Crippen molar-refractivity contribution in [1.29, 1.82) is 0 Å². The molecule has 7 nitrogen and oxygen atoms in total. The molecule has 3 aromatic rings. The minimum atomic E-state index is -0.298. The van der Waals surface area contributed by atoms with Crippen LogP contribution in [0.15, 0.2) is 54.6 Å². The molecule has 2 amide bonds. The summed E-state index contributed by atoms with van der Waals surface area (Å²) in [6, 6.07) is 16.3. The van der Waals surface area contributed by atoms with Gasteiger partial charge >= 0.3 is 6.03 Å². The fourth-order valence-electron chi connectivity index (χ4n) is 4.66. The maximum absolute atomic E-state index is 14.2. The fraction of sp³-hybridized carbons (Fsp3) is 0.429. The fourth-order valence-corrected chi connectivity index (χ4v) is 4.66. The molecule has 1 aromatic heterocycles. The molecule has 0 bridgehead atoms. The van der Waals surface area contributed by atoms with E-state index in [-0.39, 0.29) is 17.9 Å². The Morgan fingerprint density at radius 2 is 1.81 bits per heavy atom. The van der Waals surface area contributed by atoms with Crippen molar-refractivity contribution in [3.63, 3.8) is 0 Å². The molecule has 2 heterocycles. The number of benzene rings is 2. The van der Waals surface area contributed by atoms with E-state index in [1.807, 2.05) is 66.8 Å². The van der Waals surface area contributed by atoms with E-state index in [2.05, 4.69) is 22.0 Å². The van der Waals surface area contributed by atoms with Gasteiger partial charge in [-0.1, -0.05) is 43.3 Å². The number of rotatable bonds is 8. The minimum Gasteiger partial charge on any atom is -0.354 e. The first-order chi connectivity index (χ1) is 17.4. The second-order valence-electron chi connectivity index (χ2n) is 9.57. The molecule has 1 aliphatic heterocycles. The van der Waals surface area contributed by atoms with Gasteiger partial charge in [0.25, 0.3) is 0 Å². The SMILES string of the molecule is CCN1CCN(c2c(CN(C(=O)NCc3ccccc3)C(C)C)c(C)nn2-c2cccc(F)c2)CC1. The van der Waals surface area contributed by atoms with Crippen LogP contribution in [-0.2, 0) is 13.1 Å². The maximum Gasteiger partial charge on any atom is 0.318 e. The summed E-state index contributed by atoms with van der Waals surface area (Å²) in [6.07, 6.45) is 0. The van der Waals surface area contributed by atoms with Gasteiger partial charge in [-0.2, -0.15) is 5.10 Å². The molecule has 36 heavy (non-hydrogen) atoms. The van der Waals surface area contributed by atoms with E-state index >= 15 is 0 Å². The lowest BCUT2D eigenvalue weighted by Crippen LogP contribution is -2.47. The van der Waals surface area contributed by atoms with Gasteiger partial charge in [-0.3, -0.25) is 0 Å². The maximum atomic E-state index is 14.2. The summed E-state index contributed by atoms with van der Waals surface area (Å²) in [4.78, 5) is 19.9. The molecule has 8 heteroatoms. The van der Waals surface area contributed by atoms with Crippen LogP contribution < -0.4 is 10.2 Å². The molecule has 1 saturated heterocycles. The number of amides is 2. The van der Waals surface area contributed by atoms with Gasteiger partial charge in [0.2, 0.25) is 0 Å². The highest BCUT2D eigenvalue weighted by atomic mass is 19.1. The Morgan fingerprint density at radius 3 is 2.44 bits per heavy atom. The molecule has 0 unspecified atom stereocenters. The number of hydrogen-bond acceptors (Lipinski definition) is 4. The standard InChI is InChI=1S/C28H37FN6O/c1-5-32-14-16-33(17-15-32)27-26(22(4)31-35(27)25-13-9-12-24(29)18-25)20-34(21(2)3)28(36)30-19-23-10-7-6-8-11-23/h6-13,18,21H,5,14-17,19-20H2,1-4H3,(H,30,36). The predicted octanol–water partition coefficient (Wildman–Crippen LogP) is 4.58. The Hall–Kier alpha value is -3.39. The van der Waals surface area contributed by atoms with Crippen LogP contribution in [0.4, 0.5) is 15.0 Å². The van der Waals surface area contributed by atoms with Crippen LogP contribution in [-0.4, -0.2) is 64.4 Å². The molecule has 0 atom stereocenters. The number of piperazine rings is 1. The molecule has 1 fully saturated rings. The van der Waals surface area contributed by atoms with E-state index in [9.17, 15) is 9.18 Å². The monoisotopic (exact) mass is 492 g/mol. The van der Waals surface area contributed by atoms with Crippen molar-refractivity contribution in [1.82, 2.24) is 24.9 Å². The van der Waals surface area contributed by atoms with Crippen molar-refractivity contribution < 1.29 is 9.18 Å². The van der Waals surface area contributed by atoms with Crippen LogP contribution >= 0.6 is 0 Å². The van der Waals surface area contributed by atoms with Crippen molar-refractivity contribution in [3.8, 4) is 5.69 Å². The Balaban J connectivity index is 1.65. The van der Waals surface area contributed by atoms with Crippen LogP contribution in [0.5, 0.6) is 0 Å². The van der Waals surface area contributed by atoms with E-state index in [1.165, 1.54) is 12.1 Å². The number of nitrogens with one attached hydrogen (secondary N) is 1. The zero-order valence-electron chi connectivity index (χ0n) is 21.7. The second kappa shape index (κ2) is 11.6. The Labute approximate surface area is 213 Å². The first kappa shape index (κ1) is 25.7. The number of carbonyl (C=O) groups is 1. The number of anilines is 1. The summed E-state index contributed by atoms with van der Waals surface area (Å²) >= 11 is 0. The van der Waals surface area contributed by atoms with Gasteiger partial charge < -0.3 is 20.0 Å². The Bertz CT molecular complexity index is 1150. The summed E-state index contributed by atoms with van der Waals surface area (Å²) in [5.41, 5.74) is 3.57. The van der Waals surface area contributed by atoms with Gasteiger partial charge in [-0.15, -0.1) is 0 Å². The lowest BCUT2D eigenvalue weighted by atomic mass is 10.1. The number of likely N-dealkylation sites (N-methyl/N-ethyl adjacent to an activating group) is 1. The summed E-state index contributed by atoms with van der Waals surface area (Å²) in [5, 5.41) is 7.91. The van der Waals surface area contributed by atoms with E-state index in [0.29, 0.717) is 18.8 Å². The second-order valence-corrected chi connectivity index (χ2v) is 9.57. The average Bonchev–Trinajstić information content (AvgIpc) is 3.22. The number of urea groups is 1. The van der Waals surface area contributed by atoms with E-state index in [0.717, 1.165) is 55.4 Å². The van der Waals surface area contributed by atoms with E-state index < -0.39 is 0 Å². The third kappa shape index (κ3) is 5.87. The molecule has 0 spiro atoms. The van der Waals surface area contributed by atoms with Crippen molar-refractivity contribution in [2.24, 2.45) is 0 Å². The van der Waals surface area contributed by atoms with Gasteiger partial charge in [0, 0.05) is 44.3 Å². The Kier molecular flexibility index (Phi) is 8.25. The van der Waals surface area contributed by atoms with Crippen LogP contribution in [0.3, 0.4) is 0 Å². The molecule has 1 N–H and O–H groups in total. The van der Waals surface area contributed by atoms with Crippen LogP contribution in [0, 0.1) is 12.7 Å². The summed E-state index contributed by atoms with van der Waals surface area (Å²) < 4.78 is 16.0. The molecule has 1 aliphatic rings. The molecule has 0 saturated carbocycles. The lowest BCUT2D eigenvalue weighted by Gasteiger charge is -2.36. The zero-order chi connectivity index (χ0) is 25.7. The molecular formula is C28H37FN6O. The largest absolute Gasteiger partial charge is 0.354 e. The summed E-state index contributed by atoms with van der Waals surface area (Å²) in [6.45, 7) is 13.7. The zero-order valence-corrected chi connectivity index (χ0v) is 21.7. The van der Waals surface area contributed by atoms with Gasteiger partial charge in [-0.25, -0.2) is 13.9 Å². The molecule has 0 radical (unpaired) electrons. The highest BCUT2D eigenvalue weighted by Gasteiger charge is 2.28. The number of nitrogens with zero attached hydrogens (tertiary/aromatic N) is 5. The first-order valence-electron chi connectivity index (χ1n) is 12.8. The van der Waals surface area contributed by atoms with Gasteiger partial charge in [0.05, 0.1) is 17.9 Å². The predicted molar refractivity (Wildman–Crippen MR) is 142 cm³/mol. The first-order valence-corrected chi connectivity index (χ1v) is 12.8. The van der Waals surface area contributed by atoms with E-state index in [1.54, 1.807) is 6.07 Å². The number of hydrogen-bond donors (Lipinski definition) is 1. The van der Waals surface area contributed by atoms with Crippen molar-refractivity contribution in [2.45, 2.75) is 46.8 Å². The number of aryl methyl sites for hydroxylation is 1. The highest BCUT2D eigenvalue weighted by molar-refractivity contribution is 5.75. The average molecular weight is 493 g/mol. The molecule has 192 valence electrons.